The molecule has 0 N–H and O–H groups in total. The van der Waals surface area contributed by atoms with Crippen LogP contribution in [0.1, 0.15) is 81.4 Å². The number of hydrogen-bond donors (Lipinski definition) is 0. The Morgan fingerprint density at radius 1 is 0.737 bits per heavy atom. The van der Waals surface area contributed by atoms with Crippen LogP contribution in [0.15, 0.2) is 30.3 Å². The third kappa shape index (κ3) is 6.81. The van der Waals surface area contributed by atoms with Gasteiger partial charge in [0.1, 0.15) is 17.2 Å². The van der Waals surface area contributed by atoms with Gasteiger partial charge in [-0.3, -0.25) is 0 Å². The molecule has 210 valence electrons. The molecule has 0 heterocycles. The zero-order chi connectivity index (χ0) is 27.7. The molecule has 2 aliphatic rings. The van der Waals surface area contributed by atoms with Crippen molar-refractivity contribution in [3.63, 3.8) is 0 Å². The monoisotopic (exact) mass is 548 g/mol. The van der Waals surface area contributed by atoms with Crippen molar-refractivity contribution < 1.29 is 39.9 Å². The van der Waals surface area contributed by atoms with Crippen molar-refractivity contribution in [1.82, 2.24) is 0 Å². The van der Waals surface area contributed by atoms with Crippen LogP contribution in [0.3, 0.4) is 0 Å². The molecule has 0 spiro atoms. The van der Waals surface area contributed by atoms with Crippen molar-refractivity contribution in [1.29, 1.82) is 0 Å². The summed E-state index contributed by atoms with van der Waals surface area (Å²) in [6.07, 6.45) is 1.53. The van der Waals surface area contributed by atoms with E-state index in [1.807, 2.05) is 0 Å². The van der Waals surface area contributed by atoms with E-state index in [1.165, 1.54) is 44.6 Å². The Morgan fingerprint density at radius 3 is 1.82 bits per heavy atom. The number of benzene rings is 2. The van der Waals surface area contributed by atoms with Crippen LogP contribution in [0.5, 0.6) is 5.75 Å². The summed E-state index contributed by atoms with van der Waals surface area (Å²) < 4.78 is 114. The fourth-order valence-electron chi connectivity index (χ4n) is 6.07. The maximum atomic E-state index is 14.6. The minimum atomic E-state index is -5.40. The largest absolute Gasteiger partial charge is 0.427 e. The van der Waals surface area contributed by atoms with Gasteiger partial charge in [0, 0.05) is 0 Å². The molecule has 2 aliphatic carbocycles. The van der Waals surface area contributed by atoms with E-state index in [9.17, 15) is 35.1 Å². The summed E-state index contributed by atoms with van der Waals surface area (Å²) in [4.78, 5) is 0. The fourth-order valence-corrected chi connectivity index (χ4v) is 6.07. The average Bonchev–Trinajstić information content (AvgIpc) is 2.84. The molecule has 1 nitrogen and oxygen atoms in total. The van der Waals surface area contributed by atoms with Gasteiger partial charge in [0.05, 0.1) is 5.56 Å². The molecule has 0 aliphatic heterocycles. The van der Waals surface area contributed by atoms with Crippen molar-refractivity contribution in [2.75, 3.05) is 0 Å². The van der Waals surface area contributed by atoms with E-state index in [0.717, 1.165) is 49.1 Å². The first-order valence-corrected chi connectivity index (χ1v) is 13.3. The summed E-state index contributed by atoms with van der Waals surface area (Å²) in [6, 6.07) is 3.19. The van der Waals surface area contributed by atoms with Crippen molar-refractivity contribution in [3.8, 4) is 5.75 Å². The first-order valence-electron chi connectivity index (χ1n) is 13.3. The van der Waals surface area contributed by atoms with Crippen LogP contribution in [-0.4, -0.2) is 0 Å². The molecule has 0 saturated heterocycles. The van der Waals surface area contributed by atoms with Gasteiger partial charge in [0.25, 0.3) is 0 Å². The standard InChI is InChI=1S/C29H32F8O/c1-17-2-9-20(10-3-17)21-11-6-18(7-12-21)4-5-19-8-13-26(23(30)14-19)38-29(36,37)22-15-24(31)27(25(32)16-22)28(33,34)35/h8,13-18,20-21H,2-7,9-12H2,1H3. The first-order chi connectivity index (χ1) is 17.8. The lowest BCUT2D eigenvalue weighted by molar-refractivity contribution is -0.187. The van der Waals surface area contributed by atoms with Crippen LogP contribution >= 0.6 is 0 Å². The van der Waals surface area contributed by atoms with Gasteiger partial charge < -0.3 is 4.74 Å². The minimum absolute atomic E-state index is 0.165. The Bertz CT molecular complexity index is 1070. The predicted molar refractivity (Wildman–Crippen MR) is 127 cm³/mol. The highest BCUT2D eigenvalue weighted by Gasteiger charge is 2.42. The van der Waals surface area contributed by atoms with Gasteiger partial charge in [-0.25, -0.2) is 13.2 Å². The molecule has 0 atom stereocenters. The molecule has 0 radical (unpaired) electrons. The second kappa shape index (κ2) is 11.4. The quantitative estimate of drug-likeness (QED) is 0.313. The van der Waals surface area contributed by atoms with Crippen LogP contribution in [0.2, 0.25) is 0 Å². The Labute approximate surface area is 217 Å². The molecule has 38 heavy (non-hydrogen) atoms. The van der Waals surface area contributed by atoms with E-state index in [4.69, 9.17) is 0 Å². The highest BCUT2D eigenvalue weighted by molar-refractivity contribution is 5.33. The van der Waals surface area contributed by atoms with E-state index in [-0.39, 0.29) is 12.1 Å². The highest BCUT2D eigenvalue weighted by Crippen LogP contribution is 2.42. The second-order valence-corrected chi connectivity index (χ2v) is 11.0. The van der Waals surface area contributed by atoms with Crippen LogP contribution in [0, 0.1) is 41.1 Å². The lowest BCUT2D eigenvalue weighted by atomic mass is 9.69. The minimum Gasteiger partial charge on any atom is -0.426 e. The Hall–Kier alpha value is -2.32. The molecule has 2 aromatic rings. The number of hydrogen-bond acceptors (Lipinski definition) is 1. The SMILES string of the molecule is CC1CCC(C2CCC(CCc3ccc(OC(F)(F)c4cc(F)c(C(F)(F)F)c(F)c4)c(F)c3)CC2)CC1. The summed E-state index contributed by atoms with van der Waals surface area (Å²) in [5.74, 6) is -3.40. The molecule has 0 amide bonds. The molecule has 0 bridgehead atoms. The third-order valence-corrected chi connectivity index (χ3v) is 8.36. The van der Waals surface area contributed by atoms with Crippen LogP contribution in [0.4, 0.5) is 35.1 Å². The summed E-state index contributed by atoms with van der Waals surface area (Å²) in [7, 11) is 0. The fraction of sp³-hybridized carbons (Fsp3) is 0.586. The van der Waals surface area contributed by atoms with Crippen LogP contribution in [-0.2, 0) is 18.7 Å². The lowest BCUT2D eigenvalue weighted by Gasteiger charge is -2.37. The zero-order valence-corrected chi connectivity index (χ0v) is 21.2. The Balaban J connectivity index is 1.32. The van der Waals surface area contributed by atoms with Crippen molar-refractivity contribution in [2.24, 2.45) is 23.7 Å². The number of halogens is 8. The van der Waals surface area contributed by atoms with Crippen molar-refractivity contribution >= 4 is 0 Å². The summed E-state index contributed by atoms with van der Waals surface area (Å²) in [6.45, 7) is 2.32. The maximum Gasteiger partial charge on any atom is 0.427 e. The van der Waals surface area contributed by atoms with Crippen LogP contribution < -0.4 is 4.74 Å². The molecule has 0 unspecified atom stereocenters. The van der Waals surface area contributed by atoms with Crippen molar-refractivity contribution in [2.45, 2.75) is 83.4 Å². The molecule has 9 heteroatoms. The number of rotatable bonds is 7. The Morgan fingerprint density at radius 2 is 1.29 bits per heavy atom. The lowest BCUT2D eigenvalue weighted by Crippen LogP contribution is -2.25. The number of aryl methyl sites for hydroxylation is 1. The second-order valence-electron chi connectivity index (χ2n) is 11.0. The summed E-state index contributed by atoms with van der Waals surface area (Å²) in [5, 5.41) is 0. The zero-order valence-electron chi connectivity index (χ0n) is 21.2. The summed E-state index contributed by atoms with van der Waals surface area (Å²) >= 11 is 0. The molecule has 4 rings (SSSR count). The molecule has 0 aromatic heterocycles. The third-order valence-electron chi connectivity index (χ3n) is 8.36. The maximum absolute atomic E-state index is 14.6. The van der Waals surface area contributed by atoms with E-state index in [0.29, 0.717) is 17.9 Å². The van der Waals surface area contributed by atoms with E-state index < -0.39 is 46.6 Å². The van der Waals surface area contributed by atoms with Gasteiger partial charge in [-0.2, -0.15) is 22.0 Å². The van der Waals surface area contributed by atoms with Crippen molar-refractivity contribution in [3.05, 3.63) is 64.5 Å². The first kappa shape index (κ1) is 28.7. The normalized spacial score (nSPS) is 24.9. The summed E-state index contributed by atoms with van der Waals surface area (Å²) in [5.41, 5.74) is -3.18. The number of ether oxygens (including phenoxy) is 1. The average molecular weight is 549 g/mol. The van der Waals surface area contributed by atoms with Gasteiger partial charge in [-0.15, -0.1) is 0 Å². The smallest absolute Gasteiger partial charge is 0.426 e. The van der Waals surface area contributed by atoms with Gasteiger partial charge >= 0.3 is 12.3 Å². The van der Waals surface area contributed by atoms with Gasteiger partial charge in [0.15, 0.2) is 11.6 Å². The van der Waals surface area contributed by atoms with E-state index >= 15 is 0 Å². The van der Waals surface area contributed by atoms with Crippen LogP contribution in [0.25, 0.3) is 0 Å². The molecular formula is C29H32F8O. The number of alkyl halides is 5. The van der Waals surface area contributed by atoms with E-state index in [2.05, 4.69) is 11.7 Å². The van der Waals surface area contributed by atoms with Gasteiger partial charge in [0.2, 0.25) is 0 Å². The molecular weight excluding hydrogens is 516 g/mol. The highest BCUT2D eigenvalue weighted by atomic mass is 19.4. The van der Waals surface area contributed by atoms with E-state index in [1.54, 1.807) is 0 Å². The molecule has 2 fully saturated rings. The Kier molecular flexibility index (Phi) is 8.62. The predicted octanol–water partition coefficient (Wildman–Crippen LogP) is 9.82. The van der Waals surface area contributed by atoms with Gasteiger partial charge in [-0.1, -0.05) is 38.7 Å². The molecule has 2 saturated carbocycles. The molecule has 2 aromatic carbocycles. The topological polar surface area (TPSA) is 9.23 Å². The van der Waals surface area contributed by atoms with Gasteiger partial charge in [-0.05, 0) is 92.0 Å².